The summed E-state index contributed by atoms with van der Waals surface area (Å²) in [6, 6.07) is 4.49. The molecule has 31 heavy (non-hydrogen) atoms. The molecule has 13 heteroatoms. The minimum atomic E-state index is -4.73. The lowest BCUT2D eigenvalue weighted by Gasteiger charge is -2.16. The molecule has 0 unspecified atom stereocenters. The number of alkyl halides is 3. The Morgan fingerprint density at radius 2 is 1.71 bits per heavy atom. The topological polar surface area (TPSA) is 107 Å². The second-order valence-electron chi connectivity index (χ2n) is 6.46. The normalized spacial score (nSPS) is 12.0. The first-order valence-electron chi connectivity index (χ1n) is 8.53. The maximum absolute atomic E-state index is 13.0. The molecule has 1 N–H and O–H groups in total. The van der Waals surface area contributed by atoms with Crippen molar-refractivity contribution < 1.29 is 26.3 Å². The highest BCUT2D eigenvalue weighted by Gasteiger charge is 2.36. The summed E-state index contributed by atoms with van der Waals surface area (Å²) in [5.74, 6) is -1.60. The molecule has 0 saturated heterocycles. The number of anilines is 1. The SMILES string of the molecule is Cc1nc(C(F)(F)F)nc(C)c1Oc1nc(-c2cncc(Cl)c2)ccc1NS(C)(=O)=O. The van der Waals surface area contributed by atoms with E-state index in [9.17, 15) is 21.6 Å². The molecule has 0 fully saturated rings. The average Bonchev–Trinajstić information content (AvgIpc) is 2.63. The molecule has 0 radical (unpaired) electrons. The monoisotopic (exact) mass is 473 g/mol. The molecule has 8 nitrogen and oxygen atoms in total. The van der Waals surface area contributed by atoms with Crippen LogP contribution in [0.25, 0.3) is 11.3 Å². The van der Waals surface area contributed by atoms with E-state index in [1.54, 1.807) is 6.07 Å². The summed E-state index contributed by atoms with van der Waals surface area (Å²) >= 11 is 5.95. The molecule has 0 aliphatic rings. The lowest BCUT2D eigenvalue weighted by atomic mass is 10.2. The van der Waals surface area contributed by atoms with E-state index in [4.69, 9.17) is 16.3 Å². The fourth-order valence-corrected chi connectivity index (χ4v) is 3.31. The van der Waals surface area contributed by atoms with Crippen LogP contribution < -0.4 is 9.46 Å². The number of rotatable bonds is 5. The summed E-state index contributed by atoms with van der Waals surface area (Å²) in [6.45, 7) is 2.63. The number of aryl methyl sites for hydroxylation is 2. The molecule has 3 aromatic rings. The van der Waals surface area contributed by atoms with E-state index < -0.39 is 22.0 Å². The highest BCUT2D eigenvalue weighted by molar-refractivity contribution is 7.92. The molecule has 0 amide bonds. The fourth-order valence-electron chi connectivity index (χ4n) is 2.59. The van der Waals surface area contributed by atoms with Gasteiger partial charge in [-0.2, -0.15) is 13.2 Å². The zero-order valence-corrected chi connectivity index (χ0v) is 17.9. The van der Waals surface area contributed by atoms with Gasteiger partial charge in [0.1, 0.15) is 5.69 Å². The molecule has 3 rings (SSSR count). The van der Waals surface area contributed by atoms with Gasteiger partial charge < -0.3 is 4.74 Å². The van der Waals surface area contributed by atoms with Gasteiger partial charge in [0.05, 0.1) is 28.4 Å². The zero-order valence-electron chi connectivity index (χ0n) is 16.3. The largest absolute Gasteiger partial charge is 0.451 e. The lowest BCUT2D eigenvalue weighted by molar-refractivity contribution is -0.145. The van der Waals surface area contributed by atoms with E-state index in [-0.39, 0.29) is 28.7 Å². The van der Waals surface area contributed by atoms with Crippen molar-refractivity contribution in [1.82, 2.24) is 19.9 Å². The van der Waals surface area contributed by atoms with Crippen molar-refractivity contribution in [2.24, 2.45) is 0 Å². The third-order valence-corrected chi connectivity index (χ3v) is 4.61. The first-order valence-corrected chi connectivity index (χ1v) is 10.8. The summed E-state index contributed by atoms with van der Waals surface area (Å²) in [4.78, 5) is 15.1. The van der Waals surface area contributed by atoms with Crippen molar-refractivity contribution in [1.29, 1.82) is 0 Å². The Bertz CT molecular complexity index is 1230. The predicted octanol–water partition coefficient (Wildman–Crippen LogP) is 4.39. The summed E-state index contributed by atoms with van der Waals surface area (Å²) in [5.41, 5.74) is 0.635. The quantitative estimate of drug-likeness (QED) is 0.585. The van der Waals surface area contributed by atoms with E-state index in [0.717, 1.165) is 6.26 Å². The Morgan fingerprint density at radius 1 is 1.06 bits per heavy atom. The van der Waals surface area contributed by atoms with E-state index in [0.29, 0.717) is 16.3 Å². The molecular weight excluding hydrogens is 459 g/mol. The van der Waals surface area contributed by atoms with Gasteiger partial charge in [-0.1, -0.05) is 11.6 Å². The summed E-state index contributed by atoms with van der Waals surface area (Å²) < 4.78 is 70.3. The van der Waals surface area contributed by atoms with E-state index in [1.165, 1.54) is 38.4 Å². The van der Waals surface area contributed by atoms with Gasteiger partial charge in [-0.25, -0.2) is 23.4 Å². The Hall–Kier alpha value is -2.99. The lowest BCUT2D eigenvalue weighted by Crippen LogP contribution is -2.14. The van der Waals surface area contributed by atoms with Crippen LogP contribution in [0.3, 0.4) is 0 Å². The van der Waals surface area contributed by atoms with Crippen LogP contribution in [0.1, 0.15) is 17.2 Å². The third kappa shape index (κ3) is 5.58. The van der Waals surface area contributed by atoms with Gasteiger partial charge in [0.2, 0.25) is 21.7 Å². The van der Waals surface area contributed by atoms with Gasteiger partial charge in [0, 0.05) is 18.0 Å². The summed E-state index contributed by atoms with van der Waals surface area (Å²) in [6.07, 6.45) is -0.883. The van der Waals surface area contributed by atoms with Crippen molar-refractivity contribution in [2.75, 3.05) is 11.0 Å². The molecule has 3 heterocycles. The molecule has 0 aliphatic carbocycles. The summed E-state index contributed by atoms with van der Waals surface area (Å²) in [7, 11) is -3.71. The van der Waals surface area contributed by atoms with Crippen molar-refractivity contribution in [3.05, 3.63) is 52.8 Å². The van der Waals surface area contributed by atoms with Crippen LogP contribution in [0.2, 0.25) is 5.02 Å². The van der Waals surface area contributed by atoms with Crippen LogP contribution in [-0.4, -0.2) is 34.6 Å². The predicted molar refractivity (Wildman–Crippen MR) is 108 cm³/mol. The summed E-state index contributed by atoms with van der Waals surface area (Å²) in [5, 5.41) is 0.350. The number of sulfonamides is 1. The van der Waals surface area contributed by atoms with Crippen molar-refractivity contribution in [3.8, 4) is 22.9 Å². The van der Waals surface area contributed by atoms with E-state index in [2.05, 4.69) is 24.7 Å². The Kier molecular flexibility index (Phi) is 6.05. The van der Waals surface area contributed by atoms with Crippen LogP contribution in [-0.2, 0) is 16.2 Å². The van der Waals surface area contributed by atoms with E-state index >= 15 is 0 Å². The van der Waals surface area contributed by atoms with Gasteiger partial charge >= 0.3 is 6.18 Å². The molecule has 0 bridgehead atoms. The molecule has 0 aromatic carbocycles. The average molecular weight is 474 g/mol. The molecule has 3 aromatic heterocycles. The molecular formula is C18H15ClF3N5O3S. The minimum absolute atomic E-state index is 0.0278. The molecule has 0 atom stereocenters. The van der Waals surface area contributed by atoms with E-state index in [1.807, 2.05) is 0 Å². The number of aromatic nitrogens is 4. The third-order valence-electron chi connectivity index (χ3n) is 3.81. The Labute approximate surface area is 180 Å². The highest BCUT2D eigenvalue weighted by atomic mass is 35.5. The van der Waals surface area contributed by atoms with Gasteiger partial charge in [0.15, 0.2) is 5.75 Å². The minimum Gasteiger partial charge on any atom is -0.433 e. The molecule has 0 spiro atoms. The number of hydrogen-bond acceptors (Lipinski definition) is 7. The number of nitrogens with zero attached hydrogens (tertiary/aromatic N) is 4. The molecule has 164 valence electrons. The number of halogens is 4. The number of hydrogen-bond donors (Lipinski definition) is 1. The Balaban J connectivity index is 2.11. The first kappa shape index (κ1) is 22.7. The van der Waals surface area contributed by atoms with Gasteiger partial charge in [-0.15, -0.1) is 0 Å². The molecule has 0 saturated carbocycles. The van der Waals surface area contributed by atoms with Crippen LogP contribution in [0, 0.1) is 13.8 Å². The van der Waals surface area contributed by atoms with Crippen LogP contribution in [0.4, 0.5) is 18.9 Å². The van der Waals surface area contributed by atoms with Gasteiger partial charge in [-0.3, -0.25) is 9.71 Å². The standard InChI is InChI=1S/C18H15ClF3N5O3S/c1-9-15(10(2)25-17(24-9)18(20,21)22)30-16-14(27-31(3,28)29)5-4-13(26-16)11-6-12(19)8-23-7-11/h4-8,27H,1-3H3. The number of nitrogens with one attached hydrogen (secondary N) is 1. The first-order chi connectivity index (χ1) is 14.3. The van der Waals surface area contributed by atoms with Gasteiger partial charge in [-0.05, 0) is 32.0 Å². The highest BCUT2D eigenvalue weighted by Crippen LogP contribution is 2.35. The van der Waals surface area contributed by atoms with Crippen molar-refractivity contribution in [3.63, 3.8) is 0 Å². The maximum Gasteiger partial charge on any atom is 0.451 e. The van der Waals surface area contributed by atoms with Crippen LogP contribution in [0.15, 0.2) is 30.6 Å². The maximum atomic E-state index is 13.0. The number of pyridine rings is 2. The smallest absolute Gasteiger partial charge is 0.433 e. The fraction of sp³-hybridized carbons (Fsp3) is 0.222. The second kappa shape index (κ2) is 8.27. The second-order valence-corrected chi connectivity index (χ2v) is 8.65. The number of ether oxygens (including phenoxy) is 1. The van der Waals surface area contributed by atoms with Crippen molar-refractivity contribution >= 4 is 27.3 Å². The van der Waals surface area contributed by atoms with Gasteiger partial charge in [0.25, 0.3) is 0 Å². The van der Waals surface area contributed by atoms with Crippen LogP contribution in [0.5, 0.6) is 11.6 Å². The Morgan fingerprint density at radius 3 is 2.26 bits per heavy atom. The zero-order chi connectivity index (χ0) is 23.0. The van der Waals surface area contributed by atoms with Crippen molar-refractivity contribution in [2.45, 2.75) is 20.0 Å². The van der Waals surface area contributed by atoms with Crippen LogP contribution >= 0.6 is 11.6 Å². The molecule has 0 aliphatic heterocycles.